The molecule has 0 spiro atoms. The molecule has 200 valence electrons. The van der Waals surface area contributed by atoms with Crippen LogP contribution in [0.15, 0.2) is 29.2 Å². The summed E-state index contributed by atoms with van der Waals surface area (Å²) in [6.07, 6.45) is 0.188. The number of thioether (sulfide) groups is 1. The van der Waals surface area contributed by atoms with Crippen molar-refractivity contribution in [1.82, 2.24) is 4.90 Å². The molecular weight excluding hydrogens is 478 g/mol. The Bertz CT molecular complexity index is 1010. The molecule has 0 fully saturated rings. The van der Waals surface area contributed by atoms with Gasteiger partial charge < -0.3 is 28.6 Å². The Morgan fingerprint density at radius 2 is 1.56 bits per heavy atom. The number of aryl methyl sites for hydroxylation is 1. The summed E-state index contributed by atoms with van der Waals surface area (Å²) in [5.74, 6) is 3.19. The number of carbonyl (C=O) groups excluding carboxylic acids is 1. The Balaban J connectivity index is 2.20. The molecule has 7 nitrogen and oxygen atoms in total. The highest BCUT2D eigenvalue weighted by Crippen LogP contribution is 2.47. The van der Waals surface area contributed by atoms with E-state index in [0.717, 1.165) is 28.3 Å². The fourth-order valence-electron chi connectivity index (χ4n) is 3.59. The predicted octanol–water partition coefficient (Wildman–Crippen LogP) is 5.95. The van der Waals surface area contributed by atoms with Gasteiger partial charge in [-0.15, -0.1) is 11.8 Å². The van der Waals surface area contributed by atoms with Gasteiger partial charge in [-0.3, -0.25) is 4.79 Å². The van der Waals surface area contributed by atoms with E-state index in [4.69, 9.17) is 23.7 Å². The number of ether oxygens (including phenoxy) is 5. The SMILES string of the molecule is COc1cc(OC)c(SC(C)(C)CC(=O)Oc2cc(C(C)C)c(OCCN(C)C)cc2C)c(OC)c1. The second-order valence-corrected chi connectivity index (χ2v) is 11.6. The molecule has 0 amide bonds. The zero-order chi connectivity index (χ0) is 27.0. The van der Waals surface area contributed by atoms with Crippen LogP contribution < -0.4 is 23.7 Å². The zero-order valence-electron chi connectivity index (χ0n) is 23.3. The third-order valence-corrected chi connectivity index (χ3v) is 6.87. The van der Waals surface area contributed by atoms with Crippen molar-refractivity contribution in [1.29, 1.82) is 0 Å². The molecule has 0 aliphatic carbocycles. The van der Waals surface area contributed by atoms with Crippen molar-refractivity contribution in [2.24, 2.45) is 0 Å². The maximum absolute atomic E-state index is 13.0. The number of rotatable bonds is 13. The smallest absolute Gasteiger partial charge is 0.312 e. The van der Waals surface area contributed by atoms with Gasteiger partial charge in [-0.25, -0.2) is 0 Å². The minimum atomic E-state index is -0.490. The summed E-state index contributed by atoms with van der Waals surface area (Å²) in [5.41, 5.74) is 1.88. The van der Waals surface area contributed by atoms with Crippen molar-refractivity contribution >= 4 is 17.7 Å². The monoisotopic (exact) mass is 519 g/mol. The molecule has 0 N–H and O–H groups in total. The number of carbonyl (C=O) groups is 1. The molecule has 0 radical (unpaired) electrons. The third kappa shape index (κ3) is 8.23. The van der Waals surface area contributed by atoms with Gasteiger partial charge >= 0.3 is 5.97 Å². The lowest BCUT2D eigenvalue weighted by molar-refractivity contribution is -0.134. The second kappa shape index (κ2) is 13.1. The number of hydrogen-bond acceptors (Lipinski definition) is 8. The molecule has 0 saturated carbocycles. The van der Waals surface area contributed by atoms with E-state index in [1.807, 2.05) is 47.0 Å². The molecule has 2 aromatic carbocycles. The number of nitrogens with zero attached hydrogens (tertiary/aromatic N) is 1. The van der Waals surface area contributed by atoms with Crippen LogP contribution >= 0.6 is 11.8 Å². The van der Waals surface area contributed by atoms with Crippen molar-refractivity contribution in [3.63, 3.8) is 0 Å². The molecule has 2 rings (SSSR count). The van der Waals surface area contributed by atoms with E-state index in [1.54, 1.807) is 33.5 Å². The molecular formula is C28H41NO6S. The number of esters is 1. The number of likely N-dealkylation sites (N-methyl/N-ethyl adjacent to an activating group) is 1. The van der Waals surface area contributed by atoms with Gasteiger partial charge in [-0.1, -0.05) is 13.8 Å². The van der Waals surface area contributed by atoms with E-state index in [-0.39, 0.29) is 18.3 Å². The van der Waals surface area contributed by atoms with Crippen molar-refractivity contribution < 1.29 is 28.5 Å². The quantitative estimate of drug-likeness (QED) is 0.183. The van der Waals surface area contributed by atoms with E-state index >= 15 is 0 Å². The average Bonchev–Trinajstić information content (AvgIpc) is 2.79. The van der Waals surface area contributed by atoms with Crippen molar-refractivity contribution in [3.05, 3.63) is 35.4 Å². The topological polar surface area (TPSA) is 66.5 Å². The van der Waals surface area contributed by atoms with Gasteiger partial charge in [0.25, 0.3) is 0 Å². The first-order chi connectivity index (χ1) is 16.9. The first-order valence-corrected chi connectivity index (χ1v) is 12.8. The summed E-state index contributed by atoms with van der Waals surface area (Å²) >= 11 is 1.50. The number of benzene rings is 2. The molecule has 0 atom stereocenters. The van der Waals surface area contributed by atoms with Crippen LogP contribution in [0.3, 0.4) is 0 Å². The summed E-state index contributed by atoms with van der Waals surface area (Å²) in [7, 11) is 8.82. The lowest BCUT2D eigenvalue weighted by atomic mass is 9.99. The summed E-state index contributed by atoms with van der Waals surface area (Å²) in [6, 6.07) is 7.50. The maximum Gasteiger partial charge on any atom is 0.312 e. The van der Waals surface area contributed by atoms with Crippen LogP contribution in [0.2, 0.25) is 0 Å². The Hall–Kier alpha value is -2.58. The van der Waals surface area contributed by atoms with E-state index < -0.39 is 4.75 Å². The molecule has 0 aliphatic rings. The summed E-state index contributed by atoms with van der Waals surface area (Å²) in [5, 5.41) is 0. The Kier molecular flexibility index (Phi) is 10.8. The van der Waals surface area contributed by atoms with E-state index in [2.05, 4.69) is 18.7 Å². The van der Waals surface area contributed by atoms with Crippen molar-refractivity contribution in [2.45, 2.75) is 56.6 Å². The fraction of sp³-hybridized carbons (Fsp3) is 0.536. The first-order valence-electron chi connectivity index (χ1n) is 12.0. The van der Waals surface area contributed by atoms with Gasteiger partial charge in [-0.2, -0.15) is 0 Å². The van der Waals surface area contributed by atoms with Gasteiger partial charge in [0.15, 0.2) is 0 Å². The minimum Gasteiger partial charge on any atom is -0.496 e. The van der Waals surface area contributed by atoms with Gasteiger partial charge in [-0.05, 0) is 58.5 Å². The van der Waals surface area contributed by atoms with Crippen LogP contribution in [0.5, 0.6) is 28.7 Å². The van der Waals surface area contributed by atoms with Crippen LogP contribution in [0, 0.1) is 6.92 Å². The zero-order valence-corrected chi connectivity index (χ0v) is 24.1. The van der Waals surface area contributed by atoms with Crippen molar-refractivity contribution in [2.75, 3.05) is 48.6 Å². The third-order valence-electron chi connectivity index (χ3n) is 5.57. The molecule has 8 heteroatoms. The number of hydrogen-bond donors (Lipinski definition) is 0. The fourth-order valence-corrected chi connectivity index (χ4v) is 4.82. The Labute approximate surface area is 220 Å². The minimum absolute atomic E-state index is 0.188. The standard InChI is InChI=1S/C28H41NO6S/c1-18(2)21-16-22(19(3)13-23(21)34-12-11-29(6)7)35-26(30)17-28(4,5)36-27-24(32-9)14-20(31-8)15-25(27)33-10/h13-16,18H,11-12,17H2,1-10H3. The van der Waals surface area contributed by atoms with Crippen LogP contribution in [0.4, 0.5) is 0 Å². The Morgan fingerprint density at radius 1 is 0.944 bits per heavy atom. The largest absolute Gasteiger partial charge is 0.496 e. The molecule has 2 aromatic rings. The van der Waals surface area contributed by atoms with Crippen LogP contribution in [0.1, 0.15) is 51.2 Å². The highest BCUT2D eigenvalue weighted by Gasteiger charge is 2.29. The molecule has 0 aromatic heterocycles. The molecule has 0 saturated heterocycles. The van der Waals surface area contributed by atoms with Crippen molar-refractivity contribution in [3.8, 4) is 28.7 Å². The van der Waals surface area contributed by atoms with Crippen LogP contribution in [-0.2, 0) is 4.79 Å². The predicted molar refractivity (Wildman–Crippen MR) is 146 cm³/mol. The molecule has 0 bridgehead atoms. The summed E-state index contributed by atoms with van der Waals surface area (Å²) < 4.78 is 27.9. The van der Waals surface area contributed by atoms with Gasteiger partial charge in [0.1, 0.15) is 35.4 Å². The highest BCUT2D eigenvalue weighted by atomic mass is 32.2. The van der Waals surface area contributed by atoms with E-state index in [9.17, 15) is 4.79 Å². The first kappa shape index (κ1) is 29.6. The second-order valence-electron chi connectivity index (χ2n) is 9.84. The summed E-state index contributed by atoms with van der Waals surface area (Å²) in [4.78, 5) is 15.9. The maximum atomic E-state index is 13.0. The molecule has 0 heterocycles. The van der Waals surface area contributed by atoms with Crippen LogP contribution in [-0.4, -0.2) is 64.2 Å². The summed E-state index contributed by atoms with van der Waals surface area (Å²) in [6.45, 7) is 11.5. The van der Waals surface area contributed by atoms with E-state index in [0.29, 0.717) is 29.6 Å². The molecule has 0 aliphatic heterocycles. The highest BCUT2D eigenvalue weighted by molar-refractivity contribution is 8.00. The Morgan fingerprint density at radius 3 is 2.06 bits per heavy atom. The van der Waals surface area contributed by atoms with Gasteiger partial charge in [0, 0.05) is 29.0 Å². The average molecular weight is 520 g/mol. The van der Waals surface area contributed by atoms with Gasteiger partial charge in [0.05, 0.1) is 32.6 Å². The number of methoxy groups -OCH3 is 3. The lowest BCUT2D eigenvalue weighted by Crippen LogP contribution is -2.24. The van der Waals surface area contributed by atoms with Gasteiger partial charge in [0.2, 0.25) is 0 Å². The lowest BCUT2D eigenvalue weighted by Gasteiger charge is -2.25. The molecule has 36 heavy (non-hydrogen) atoms. The molecule has 0 unspecified atom stereocenters. The van der Waals surface area contributed by atoms with E-state index in [1.165, 1.54) is 11.8 Å². The normalized spacial score (nSPS) is 11.6. The van der Waals surface area contributed by atoms with Crippen LogP contribution in [0.25, 0.3) is 0 Å².